The van der Waals surface area contributed by atoms with Gasteiger partial charge in [0.15, 0.2) is 6.61 Å². The molecule has 3 N–H and O–H groups in total. The molecular formula is C24H31N3O5. The molecule has 8 nitrogen and oxygen atoms in total. The zero-order chi connectivity index (χ0) is 23.7. The standard InChI is InChI=1S/C24H31N3O5/c1-16-9-8-12-20(17(16)2)31-15-22(29)27-19-11-7-6-10-18(19)26-21(28)13-14-25-23(30)32-24(3,4)5/h6-12H,13-15H2,1-5H3,(H,25,30)(H,26,28)(H,27,29). The highest BCUT2D eigenvalue weighted by molar-refractivity contribution is 6.00. The van der Waals surface area contributed by atoms with Crippen molar-refractivity contribution < 1.29 is 23.9 Å². The van der Waals surface area contributed by atoms with Crippen molar-refractivity contribution in [1.82, 2.24) is 5.32 Å². The monoisotopic (exact) mass is 441 g/mol. The van der Waals surface area contributed by atoms with Crippen molar-refractivity contribution in [2.24, 2.45) is 0 Å². The van der Waals surface area contributed by atoms with E-state index in [1.54, 1.807) is 45.0 Å². The number of benzene rings is 2. The lowest BCUT2D eigenvalue weighted by Gasteiger charge is -2.19. The minimum absolute atomic E-state index is 0.0528. The van der Waals surface area contributed by atoms with Crippen molar-refractivity contribution in [3.63, 3.8) is 0 Å². The Morgan fingerprint density at radius 2 is 1.50 bits per heavy atom. The van der Waals surface area contributed by atoms with Crippen LogP contribution in [0.5, 0.6) is 5.75 Å². The summed E-state index contributed by atoms with van der Waals surface area (Å²) in [6, 6.07) is 12.5. The van der Waals surface area contributed by atoms with Gasteiger partial charge in [-0.25, -0.2) is 4.79 Å². The van der Waals surface area contributed by atoms with E-state index in [-0.39, 0.29) is 31.4 Å². The van der Waals surface area contributed by atoms with Crippen molar-refractivity contribution in [2.45, 2.75) is 46.6 Å². The predicted molar refractivity (Wildman–Crippen MR) is 124 cm³/mol. The molecule has 0 aliphatic carbocycles. The molecule has 0 aromatic heterocycles. The summed E-state index contributed by atoms with van der Waals surface area (Å²) in [5.74, 6) is -0.00665. The summed E-state index contributed by atoms with van der Waals surface area (Å²) < 4.78 is 10.8. The Labute approximate surface area is 188 Å². The van der Waals surface area contributed by atoms with Crippen molar-refractivity contribution in [1.29, 1.82) is 0 Å². The molecule has 172 valence electrons. The minimum Gasteiger partial charge on any atom is -0.483 e. The van der Waals surface area contributed by atoms with Crippen LogP contribution < -0.4 is 20.7 Å². The van der Waals surface area contributed by atoms with E-state index in [2.05, 4.69) is 16.0 Å². The number of anilines is 2. The number of carbonyl (C=O) groups excluding carboxylic acids is 3. The van der Waals surface area contributed by atoms with Gasteiger partial charge < -0.3 is 25.4 Å². The first-order chi connectivity index (χ1) is 15.0. The Hall–Kier alpha value is -3.55. The van der Waals surface area contributed by atoms with Crippen LogP contribution in [0.3, 0.4) is 0 Å². The summed E-state index contributed by atoms with van der Waals surface area (Å²) in [5.41, 5.74) is 2.36. The number of aryl methyl sites for hydroxylation is 1. The van der Waals surface area contributed by atoms with Gasteiger partial charge in [0.1, 0.15) is 11.4 Å². The zero-order valence-electron chi connectivity index (χ0n) is 19.2. The van der Waals surface area contributed by atoms with Crippen LogP contribution in [0.4, 0.5) is 16.2 Å². The first kappa shape index (κ1) is 24.7. The molecule has 0 saturated heterocycles. The first-order valence-electron chi connectivity index (χ1n) is 10.4. The fourth-order valence-electron chi connectivity index (χ4n) is 2.72. The number of hydrogen-bond donors (Lipinski definition) is 3. The SMILES string of the molecule is Cc1cccc(OCC(=O)Nc2ccccc2NC(=O)CCNC(=O)OC(C)(C)C)c1C. The fraction of sp³-hybridized carbons (Fsp3) is 0.375. The lowest BCUT2D eigenvalue weighted by Crippen LogP contribution is -2.34. The second kappa shape index (κ2) is 11.2. The first-order valence-corrected chi connectivity index (χ1v) is 10.4. The van der Waals surface area contributed by atoms with Crippen molar-refractivity contribution in [2.75, 3.05) is 23.8 Å². The maximum Gasteiger partial charge on any atom is 0.407 e. The maximum atomic E-state index is 12.4. The van der Waals surface area contributed by atoms with E-state index in [0.717, 1.165) is 11.1 Å². The highest BCUT2D eigenvalue weighted by atomic mass is 16.6. The molecule has 0 radical (unpaired) electrons. The van der Waals surface area contributed by atoms with E-state index in [1.807, 2.05) is 32.0 Å². The number of alkyl carbamates (subject to hydrolysis) is 1. The Morgan fingerprint density at radius 1 is 0.875 bits per heavy atom. The highest BCUT2D eigenvalue weighted by Crippen LogP contribution is 2.22. The van der Waals surface area contributed by atoms with Gasteiger partial charge in [0.25, 0.3) is 5.91 Å². The van der Waals surface area contributed by atoms with Crippen molar-refractivity contribution in [3.05, 3.63) is 53.6 Å². The third-order valence-corrected chi connectivity index (χ3v) is 4.41. The third-order valence-electron chi connectivity index (χ3n) is 4.41. The largest absolute Gasteiger partial charge is 0.483 e. The second-order valence-corrected chi connectivity index (χ2v) is 8.31. The molecule has 0 saturated carbocycles. The number of carbonyl (C=O) groups is 3. The van der Waals surface area contributed by atoms with Gasteiger partial charge in [-0.3, -0.25) is 9.59 Å². The number of amides is 3. The average Bonchev–Trinajstić information content (AvgIpc) is 2.69. The van der Waals surface area contributed by atoms with E-state index in [0.29, 0.717) is 17.1 Å². The molecule has 2 rings (SSSR count). The van der Waals surface area contributed by atoms with E-state index in [1.165, 1.54) is 0 Å². The van der Waals surface area contributed by atoms with Gasteiger partial charge >= 0.3 is 6.09 Å². The number of nitrogens with one attached hydrogen (secondary N) is 3. The molecule has 32 heavy (non-hydrogen) atoms. The Kier molecular flexibility index (Phi) is 8.63. The Balaban J connectivity index is 1.86. The summed E-state index contributed by atoms with van der Waals surface area (Å²) >= 11 is 0. The summed E-state index contributed by atoms with van der Waals surface area (Å²) in [6.07, 6.45) is -0.529. The normalized spacial score (nSPS) is 10.8. The number of rotatable bonds is 8. The van der Waals surface area contributed by atoms with E-state index in [4.69, 9.17) is 9.47 Å². The zero-order valence-corrected chi connectivity index (χ0v) is 19.2. The lowest BCUT2D eigenvalue weighted by atomic mass is 10.1. The summed E-state index contributed by atoms with van der Waals surface area (Å²) in [5, 5.41) is 8.03. The average molecular weight is 442 g/mol. The minimum atomic E-state index is -0.606. The molecule has 0 fully saturated rings. The molecular weight excluding hydrogens is 410 g/mol. The van der Waals surface area contributed by atoms with Gasteiger partial charge in [-0.15, -0.1) is 0 Å². The molecule has 0 spiro atoms. The van der Waals surface area contributed by atoms with E-state index in [9.17, 15) is 14.4 Å². The van der Waals surface area contributed by atoms with Crippen molar-refractivity contribution >= 4 is 29.3 Å². The number of ether oxygens (including phenoxy) is 2. The Bertz CT molecular complexity index is 966. The topological polar surface area (TPSA) is 106 Å². The quantitative estimate of drug-likeness (QED) is 0.570. The molecule has 0 aliphatic heterocycles. The molecule has 0 aliphatic rings. The molecule has 8 heteroatoms. The second-order valence-electron chi connectivity index (χ2n) is 8.31. The van der Waals surface area contributed by atoms with Crippen molar-refractivity contribution in [3.8, 4) is 5.75 Å². The maximum absolute atomic E-state index is 12.4. The molecule has 2 aromatic rings. The van der Waals surface area contributed by atoms with Crippen LogP contribution in [-0.2, 0) is 14.3 Å². The number of hydrogen-bond acceptors (Lipinski definition) is 5. The third kappa shape index (κ3) is 8.29. The molecule has 3 amide bonds. The van der Waals surface area contributed by atoms with Crippen LogP contribution in [-0.4, -0.2) is 36.7 Å². The lowest BCUT2D eigenvalue weighted by molar-refractivity contribution is -0.118. The Morgan fingerprint density at radius 3 is 2.12 bits per heavy atom. The van der Waals surface area contributed by atoms with Crippen LogP contribution in [0.2, 0.25) is 0 Å². The number of para-hydroxylation sites is 2. The van der Waals surface area contributed by atoms with E-state index < -0.39 is 11.7 Å². The fourth-order valence-corrected chi connectivity index (χ4v) is 2.72. The van der Waals surface area contributed by atoms with Crippen LogP contribution in [0, 0.1) is 13.8 Å². The molecule has 2 aromatic carbocycles. The van der Waals surface area contributed by atoms with Crippen LogP contribution in [0.25, 0.3) is 0 Å². The summed E-state index contributed by atoms with van der Waals surface area (Å²) in [7, 11) is 0. The molecule has 0 heterocycles. The van der Waals surface area contributed by atoms with E-state index >= 15 is 0 Å². The van der Waals surface area contributed by atoms with Gasteiger partial charge in [0, 0.05) is 13.0 Å². The van der Waals surface area contributed by atoms with Crippen LogP contribution >= 0.6 is 0 Å². The molecule has 0 atom stereocenters. The van der Waals surface area contributed by atoms with Gasteiger partial charge in [0.2, 0.25) is 5.91 Å². The molecule has 0 unspecified atom stereocenters. The molecule has 0 bridgehead atoms. The van der Waals surface area contributed by atoms with Gasteiger partial charge in [0.05, 0.1) is 11.4 Å². The predicted octanol–water partition coefficient (Wildman–Crippen LogP) is 4.17. The smallest absolute Gasteiger partial charge is 0.407 e. The van der Waals surface area contributed by atoms with Crippen LogP contribution in [0.15, 0.2) is 42.5 Å². The van der Waals surface area contributed by atoms with Gasteiger partial charge in [-0.1, -0.05) is 24.3 Å². The summed E-state index contributed by atoms with van der Waals surface area (Å²) in [4.78, 5) is 36.3. The van der Waals surface area contributed by atoms with Gasteiger partial charge in [-0.05, 0) is 63.9 Å². The van der Waals surface area contributed by atoms with Gasteiger partial charge in [-0.2, -0.15) is 0 Å². The van der Waals surface area contributed by atoms with Crippen LogP contribution in [0.1, 0.15) is 38.3 Å². The highest BCUT2D eigenvalue weighted by Gasteiger charge is 2.16. The summed E-state index contributed by atoms with van der Waals surface area (Å²) in [6.45, 7) is 9.16.